The zero-order valence-electron chi connectivity index (χ0n) is 13.6. The number of carbonyl (C=O) groups excluding carboxylic acids is 3. The highest BCUT2D eigenvalue weighted by Gasteiger charge is 2.22. The Morgan fingerprint density at radius 1 is 1.33 bits per heavy atom. The quantitative estimate of drug-likeness (QED) is 0.625. The SMILES string of the molecule is COC(=O)c1c(NC(=O)C[n+]2cccc(C(N)=O)c2)sc(C)c1C. The molecule has 0 saturated heterocycles. The topological polar surface area (TPSA) is 102 Å². The van der Waals surface area contributed by atoms with Gasteiger partial charge in [-0.05, 0) is 25.5 Å². The van der Waals surface area contributed by atoms with Crippen LogP contribution in [0.1, 0.15) is 31.2 Å². The lowest BCUT2D eigenvalue weighted by Gasteiger charge is -2.05. The Balaban J connectivity index is 2.19. The molecule has 0 saturated carbocycles. The Morgan fingerprint density at radius 3 is 2.67 bits per heavy atom. The van der Waals surface area contributed by atoms with Crippen molar-refractivity contribution in [2.24, 2.45) is 5.73 Å². The van der Waals surface area contributed by atoms with Gasteiger partial charge >= 0.3 is 5.97 Å². The molecule has 2 heterocycles. The smallest absolute Gasteiger partial charge is 0.341 e. The Kier molecular flexibility index (Phi) is 5.30. The predicted molar refractivity (Wildman–Crippen MR) is 88.9 cm³/mol. The molecule has 0 aromatic carbocycles. The number of primary amides is 1. The van der Waals surface area contributed by atoms with Gasteiger partial charge in [-0.25, -0.2) is 4.79 Å². The van der Waals surface area contributed by atoms with Crippen molar-refractivity contribution in [3.8, 4) is 0 Å². The van der Waals surface area contributed by atoms with E-state index in [9.17, 15) is 14.4 Å². The highest BCUT2D eigenvalue weighted by Crippen LogP contribution is 2.32. The fourth-order valence-electron chi connectivity index (χ4n) is 2.16. The number of carbonyl (C=O) groups is 3. The second-order valence-electron chi connectivity index (χ2n) is 5.16. The van der Waals surface area contributed by atoms with Crippen molar-refractivity contribution in [3.63, 3.8) is 0 Å². The molecule has 3 N–H and O–H groups in total. The van der Waals surface area contributed by atoms with Crippen LogP contribution >= 0.6 is 11.3 Å². The number of anilines is 1. The molecular weight excluding hydrogens is 330 g/mol. The Hall–Kier alpha value is -2.74. The van der Waals surface area contributed by atoms with E-state index in [0.717, 1.165) is 10.4 Å². The molecule has 0 atom stereocenters. The molecule has 2 amide bonds. The van der Waals surface area contributed by atoms with E-state index >= 15 is 0 Å². The zero-order chi connectivity index (χ0) is 17.9. The number of thiophene rings is 1. The van der Waals surface area contributed by atoms with Crippen molar-refractivity contribution in [2.75, 3.05) is 12.4 Å². The summed E-state index contributed by atoms with van der Waals surface area (Å²) in [6.07, 6.45) is 3.15. The summed E-state index contributed by atoms with van der Waals surface area (Å²) in [5.41, 5.74) is 6.68. The van der Waals surface area contributed by atoms with Gasteiger partial charge in [-0.15, -0.1) is 11.3 Å². The number of hydrogen-bond acceptors (Lipinski definition) is 5. The molecule has 0 aliphatic heterocycles. The number of rotatable bonds is 5. The van der Waals surface area contributed by atoms with Gasteiger partial charge < -0.3 is 15.8 Å². The van der Waals surface area contributed by atoms with E-state index in [1.54, 1.807) is 29.8 Å². The van der Waals surface area contributed by atoms with Crippen LogP contribution in [0.3, 0.4) is 0 Å². The lowest BCUT2D eigenvalue weighted by atomic mass is 10.1. The highest BCUT2D eigenvalue weighted by atomic mass is 32.1. The first-order chi connectivity index (χ1) is 11.3. The standard InChI is InChI=1S/C16H17N3O4S/c1-9-10(2)24-15(13(9)16(22)23-3)18-12(20)8-19-6-4-5-11(7-19)14(17)21/h4-7H,8H2,1-3H3,(H2-,17,18,20,21,22)/p+1. The number of esters is 1. The normalized spacial score (nSPS) is 10.3. The molecule has 2 aromatic heterocycles. The van der Waals surface area contributed by atoms with Crippen molar-refractivity contribution < 1.29 is 23.7 Å². The lowest BCUT2D eigenvalue weighted by molar-refractivity contribution is -0.684. The van der Waals surface area contributed by atoms with Crippen LogP contribution in [0.5, 0.6) is 0 Å². The van der Waals surface area contributed by atoms with Gasteiger partial charge in [0.25, 0.3) is 11.8 Å². The minimum atomic E-state index is -0.567. The summed E-state index contributed by atoms with van der Waals surface area (Å²) in [6, 6.07) is 3.20. The Bertz CT molecular complexity index is 814. The van der Waals surface area contributed by atoms with Crippen LogP contribution in [0.15, 0.2) is 24.5 Å². The van der Waals surface area contributed by atoms with Crippen molar-refractivity contribution in [1.82, 2.24) is 0 Å². The molecule has 24 heavy (non-hydrogen) atoms. The van der Waals surface area contributed by atoms with Gasteiger partial charge in [0.2, 0.25) is 6.54 Å². The van der Waals surface area contributed by atoms with Gasteiger partial charge in [0.1, 0.15) is 10.6 Å². The third-order valence-corrected chi connectivity index (χ3v) is 4.62. The van der Waals surface area contributed by atoms with Crippen molar-refractivity contribution >= 4 is 34.1 Å². The van der Waals surface area contributed by atoms with Crippen LogP contribution < -0.4 is 15.6 Å². The van der Waals surface area contributed by atoms with E-state index in [2.05, 4.69) is 5.32 Å². The Morgan fingerprint density at radius 2 is 2.04 bits per heavy atom. The highest BCUT2D eigenvalue weighted by molar-refractivity contribution is 7.16. The summed E-state index contributed by atoms with van der Waals surface area (Å²) in [5.74, 6) is -1.38. The van der Waals surface area contributed by atoms with E-state index in [4.69, 9.17) is 10.5 Å². The van der Waals surface area contributed by atoms with Crippen LogP contribution in [0.25, 0.3) is 0 Å². The summed E-state index contributed by atoms with van der Waals surface area (Å²) < 4.78 is 6.32. The molecule has 2 rings (SSSR count). The van der Waals surface area contributed by atoms with Crippen LogP contribution in [0.4, 0.5) is 5.00 Å². The summed E-state index contributed by atoms with van der Waals surface area (Å²) in [4.78, 5) is 36.3. The number of hydrogen-bond donors (Lipinski definition) is 2. The minimum absolute atomic E-state index is 0.0161. The van der Waals surface area contributed by atoms with Gasteiger partial charge in [-0.1, -0.05) is 0 Å². The molecule has 0 aliphatic carbocycles. The van der Waals surface area contributed by atoms with Crippen molar-refractivity contribution in [2.45, 2.75) is 20.4 Å². The third-order valence-electron chi connectivity index (χ3n) is 3.50. The number of nitrogens with zero attached hydrogens (tertiary/aromatic N) is 1. The molecule has 0 radical (unpaired) electrons. The van der Waals surface area contributed by atoms with Gasteiger partial charge in [-0.2, -0.15) is 4.57 Å². The number of amides is 2. The largest absolute Gasteiger partial charge is 0.465 e. The van der Waals surface area contributed by atoms with Crippen LogP contribution in [-0.4, -0.2) is 24.9 Å². The zero-order valence-corrected chi connectivity index (χ0v) is 14.4. The van der Waals surface area contributed by atoms with Crippen LogP contribution in [0, 0.1) is 13.8 Å². The summed E-state index contributed by atoms with van der Waals surface area (Å²) >= 11 is 1.32. The summed E-state index contributed by atoms with van der Waals surface area (Å²) in [7, 11) is 1.30. The maximum Gasteiger partial charge on any atom is 0.341 e. The fourth-order valence-corrected chi connectivity index (χ4v) is 3.23. The molecule has 0 spiro atoms. The summed E-state index contributed by atoms with van der Waals surface area (Å²) in [6.45, 7) is 3.66. The van der Waals surface area contributed by atoms with Crippen LogP contribution in [-0.2, 0) is 16.1 Å². The number of pyridine rings is 1. The summed E-state index contributed by atoms with van der Waals surface area (Å²) in [5, 5.41) is 3.18. The first kappa shape index (κ1) is 17.6. The molecular formula is C16H18N3O4S+. The van der Waals surface area contributed by atoms with E-state index in [1.165, 1.54) is 24.6 Å². The van der Waals surface area contributed by atoms with Gasteiger partial charge in [0.15, 0.2) is 12.4 Å². The average Bonchev–Trinajstić information content (AvgIpc) is 2.81. The fraction of sp³-hybridized carbons (Fsp3) is 0.250. The molecule has 2 aromatic rings. The second-order valence-corrected chi connectivity index (χ2v) is 6.38. The third kappa shape index (κ3) is 3.77. The number of ether oxygens (including phenoxy) is 1. The predicted octanol–water partition coefficient (Wildman–Crippen LogP) is 1.18. The van der Waals surface area contributed by atoms with E-state index in [-0.39, 0.29) is 12.5 Å². The van der Waals surface area contributed by atoms with Crippen molar-refractivity contribution in [3.05, 3.63) is 46.1 Å². The van der Waals surface area contributed by atoms with E-state index in [1.807, 2.05) is 6.92 Å². The molecule has 8 heteroatoms. The Labute approximate surface area is 143 Å². The first-order valence-corrected chi connectivity index (χ1v) is 7.92. The van der Waals surface area contributed by atoms with E-state index < -0.39 is 11.9 Å². The maximum atomic E-state index is 12.3. The molecule has 7 nitrogen and oxygen atoms in total. The monoisotopic (exact) mass is 348 g/mol. The molecule has 0 bridgehead atoms. The molecule has 0 fully saturated rings. The van der Waals surface area contributed by atoms with Crippen molar-refractivity contribution in [1.29, 1.82) is 0 Å². The lowest BCUT2D eigenvalue weighted by Crippen LogP contribution is -2.40. The van der Waals surface area contributed by atoms with E-state index in [0.29, 0.717) is 16.1 Å². The molecule has 0 aliphatic rings. The average molecular weight is 348 g/mol. The number of nitrogens with two attached hydrogens (primary N) is 1. The number of nitrogens with one attached hydrogen (secondary N) is 1. The van der Waals surface area contributed by atoms with Gasteiger partial charge in [-0.3, -0.25) is 9.59 Å². The minimum Gasteiger partial charge on any atom is -0.465 e. The number of methoxy groups -OCH3 is 1. The molecule has 0 unspecified atom stereocenters. The molecule has 126 valence electrons. The van der Waals surface area contributed by atoms with Gasteiger partial charge in [0, 0.05) is 10.9 Å². The number of aromatic nitrogens is 1. The number of aryl methyl sites for hydroxylation is 1. The van der Waals surface area contributed by atoms with Gasteiger partial charge in [0.05, 0.1) is 12.7 Å². The second kappa shape index (κ2) is 7.22. The first-order valence-electron chi connectivity index (χ1n) is 7.10. The van der Waals surface area contributed by atoms with Crippen LogP contribution in [0.2, 0.25) is 0 Å². The maximum absolute atomic E-state index is 12.3.